The number of para-hydroxylation sites is 2. The number of aryl methyl sites for hydroxylation is 2. The predicted octanol–water partition coefficient (Wildman–Crippen LogP) is 10.3. The minimum atomic E-state index is -0.669. The van der Waals surface area contributed by atoms with Crippen LogP contribution in [0.1, 0.15) is 16.7 Å². The highest BCUT2D eigenvalue weighted by atomic mass is 19.1. The van der Waals surface area contributed by atoms with E-state index in [0.29, 0.717) is 28.1 Å². The minimum absolute atomic E-state index is 0.383. The molecule has 2 aromatic heterocycles. The second kappa shape index (κ2) is 9.65. The molecule has 0 saturated carbocycles. The van der Waals surface area contributed by atoms with Gasteiger partial charge in [0.2, 0.25) is 0 Å². The van der Waals surface area contributed by atoms with Crippen LogP contribution in [0.4, 0.5) is 8.78 Å². The van der Waals surface area contributed by atoms with Crippen molar-refractivity contribution in [3.8, 4) is 28.6 Å². The first kappa shape index (κ1) is 25.9. The lowest BCUT2D eigenvalue weighted by Crippen LogP contribution is -2.05. The van der Waals surface area contributed by atoms with E-state index in [2.05, 4.69) is 63.7 Å². The lowest BCUT2D eigenvalue weighted by atomic mass is 9.97. The van der Waals surface area contributed by atoms with E-state index >= 15 is 8.78 Å². The summed E-state index contributed by atoms with van der Waals surface area (Å²) in [5, 5.41) is 14.6. The van der Waals surface area contributed by atoms with Crippen LogP contribution < -0.4 is 0 Å². The molecule has 0 fully saturated rings. The molecule has 0 aliphatic heterocycles. The molecule has 0 atom stereocenters. The number of fused-ring (bicyclic) bond motifs is 6. The Morgan fingerprint density at radius 3 is 1.45 bits per heavy atom. The third-order valence-corrected chi connectivity index (χ3v) is 8.52. The van der Waals surface area contributed by atoms with Crippen LogP contribution in [0.3, 0.4) is 0 Å². The maximum atomic E-state index is 15.0. The Labute approximate surface area is 252 Å². The molecule has 0 N–H and O–H groups in total. The standard InChI is InChI=1S/C39H25F2N3/c1-23-11-13-31-29-7-3-5-9-33(29)43(35(31)15-23)37-17-25(22-42)18-38(39(37)26-19-27(40)21-28(41)20-26)44-34-10-6-4-8-30(34)32-14-12-24(2)16-36(32)44/h3-21H,1-2H3. The number of nitrogens with zero attached hydrogens (tertiary/aromatic N) is 3. The van der Waals surface area contributed by atoms with Crippen molar-refractivity contribution in [3.63, 3.8) is 0 Å². The fraction of sp³-hybridized carbons (Fsp3) is 0.0513. The monoisotopic (exact) mass is 573 g/mol. The zero-order valence-corrected chi connectivity index (χ0v) is 24.1. The Kier molecular flexibility index (Phi) is 5.69. The number of hydrogen-bond donors (Lipinski definition) is 0. The second-order valence-corrected chi connectivity index (χ2v) is 11.4. The molecule has 5 heteroatoms. The molecule has 3 nitrogen and oxygen atoms in total. The van der Waals surface area contributed by atoms with Gasteiger partial charge in [-0.2, -0.15) is 5.26 Å². The van der Waals surface area contributed by atoms with Crippen molar-refractivity contribution in [2.24, 2.45) is 0 Å². The lowest BCUT2D eigenvalue weighted by Gasteiger charge is -2.21. The average molecular weight is 574 g/mol. The zero-order valence-electron chi connectivity index (χ0n) is 24.1. The van der Waals surface area contributed by atoms with Crippen LogP contribution in [0.15, 0.2) is 115 Å². The van der Waals surface area contributed by atoms with Gasteiger partial charge in [0.25, 0.3) is 0 Å². The van der Waals surface area contributed by atoms with Gasteiger partial charge in [-0.25, -0.2) is 8.78 Å². The summed E-state index contributed by atoms with van der Waals surface area (Å²) in [4.78, 5) is 0. The second-order valence-electron chi connectivity index (χ2n) is 11.4. The van der Waals surface area contributed by atoms with Crippen molar-refractivity contribution in [2.75, 3.05) is 0 Å². The first-order chi connectivity index (χ1) is 21.4. The summed E-state index contributed by atoms with van der Waals surface area (Å²) in [5.41, 5.74) is 8.70. The van der Waals surface area contributed by atoms with Gasteiger partial charge < -0.3 is 9.13 Å². The van der Waals surface area contributed by atoms with E-state index in [4.69, 9.17) is 0 Å². The predicted molar refractivity (Wildman–Crippen MR) is 175 cm³/mol. The molecule has 0 radical (unpaired) electrons. The fourth-order valence-corrected chi connectivity index (χ4v) is 6.70. The van der Waals surface area contributed by atoms with Crippen LogP contribution in [-0.4, -0.2) is 9.13 Å². The van der Waals surface area contributed by atoms with Gasteiger partial charge in [-0.05, 0) is 79.1 Å². The fourth-order valence-electron chi connectivity index (χ4n) is 6.70. The van der Waals surface area contributed by atoms with E-state index in [-0.39, 0.29) is 0 Å². The summed E-state index contributed by atoms with van der Waals surface area (Å²) in [7, 11) is 0. The molecule has 0 amide bonds. The highest BCUT2D eigenvalue weighted by Gasteiger charge is 2.24. The number of nitriles is 1. The van der Waals surface area contributed by atoms with Crippen LogP contribution in [0.2, 0.25) is 0 Å². The van der Waals surface area contributed by atoms with Gasteiger partial charge in [-0.3, -0.25) is 0 Å². The van der Waals surface area contributed by atoms with Crippen molar-refractivity contribution in [2.45, 2.75) is 13.8 Å². The number of benzene rings is 6. The first-order valence-corrected chi connectivity index (χ1v) is 14.5. The minimum Gasteiger partial charge on any atom is -0.308 e. The van der Waals surface area contributed by atoms with Gasteiger partial charge >= 0.3 is 0 Å². The summed E-state index contributed by atoms with van der Waals surface area (Å²) >= 11 is 0. The summed E-state index contributed by atoms with van der Waals surface area (Å²) < 4.78 is 34.3. The number of halogens is 2. The summed E-state index contributed by atoms with van der Waals surface area (Å²) in [5.74, 6) is -1.34. The topological polar surface area (TPSA) is 33.6 Å². The summed E-state index contributed by atoms with van der Waals surface area (Å²) in [6.45, 7) is 4.09. The zero-order chi connectivity index (χ0) is 30.1. The SMILES string of the molecule is Cc1ccc2c3ccccc3n(-c3cc(C#N)cc(-n4c5ccccc5c5ccc(C)cc54)c3-c3cc(F)cc(F)c3)c2c1. The van der Waals surface area contributed by atoms with Crippen LogP contribution in [-0.2, 0) is 0 Å². The highest BCUT2D eigenvalue weighted by Crippen LogP contribution is 2.43. The molecule has 0 bridgehead atoms. The molecule has 8 aromatic rings. The van der Waals surface area contributed by atoms with Crippen molar-refractivity contribution >= 4 is 43.6 Å². The Bertz CT molecular complexity index is 2350. The van der Waals surface area contributed by atoms with Crippen molar-refractivity contribution in [3.05, 3.63) is 144 Å². The van der Waals surface area contributed by atoms with E-state index in [9.17, 15) is 5.26 Å². The van der Waals surface area contributed by atoms with Crippen LogP contribution in [0.25, 0.3) is 66.1 Å². The Balaban J connectivity index is 1.63. The molecule has 2 heterocycles. The molecule has 0 spiro atoms. The molecule has 6 aromatic carbocycles. The molecule has 0 saturated heterocycles. The van der Waals surface area contributed by atoms with E-state index in [0.717, 1.165) is 60.8 Å². The quantitative estimate of drug-likeness (QED) is 0.207. The average Bonchev–Trinajstić information content (AvgIpc) is 3.51. The van der Waals surface area contributed by atoms with Gasteiger partial charge in [0.05, 0.1) is 45.1 Å². The summed E-state index contributed by atoms with van der Waals surface area (Å²) in [6, 6.07) is 38.5. The van der Waals surface area contributed by atoms with Gasteiger partial charge in [0, 0.05) is 33.2 Å². The molecule has 0 unspecified atom stereocenters. The Morgan fingerprint density at radius 1 is 0.523 bits per heavy atom. The maximum Gasteiger partial charge on any atom is 0.126 e. The van der Waals surface area contributed by atoms with E-state index < -0.39 is 11.6 Å². The smallest absolute Gasteiger partial charge is 0.126 e. The van der Waals surface area contributed by atoms with Crippen molar-refractivity contribution < 1.29 is 8.78 Å². The van der Waals surface area contributed by atoms with Crippen LogP contribution >= 0.6 is 0 Å². The van der Waals surface area contributed by atoms with Gasteiger partial charge in [0.1, 0.15) is 11.6 Å². The van der Waals surface area contributed by atoms with Crippen LogP contribution in [0, 0.1) is 36.8 Å². The largest absolute Gasteiger partial charge is 0.308 e. The normalized spacial score (nSPS) is 11.6. The number of hydrogen-bond acceptors (Lipinski definition) is 1. The third-order valence-electron chi connectivity index (χ3n) is 8.52. The highest BCUT2D eigenvalue weighted by molar-refractivity contribution is 6.12. The summed E-state index contributed by atoms with van der Waals surface area (Å²) in [6.07, 6.45) is 0. The first-order valence-electron chi connectivity index (χ1n) is 14.5. The van der Waals surface area contributed by atoms with Crippen LogP contribution in [0.5, 0.6) is 0 Å². The molecule has 210 valence electrons. The molecule has 0 aliphatic carbocycles. The van der Waals surface area contributed by atoms with Gasteiger partial charge in [-0.15, -0.1) is 0 Å². The van der Waals surface area contributed by atoms with Crippen molar-refractivity contribution in [1.29, 1.82) is 5.26 Å². The molecular weight excluding hydrogens is 548 g/mol. The van der Waals surface area contributed by atoms with Gasteiger partial charge in [-0.1, -0.05) is 60.7 Å². The Morgan fingerprint density at radius 2 is 0.977 bits per heavy atom. The van der Waals surface area contributed by atoms with E-state index in [1.807, 2.05) is 62.4 Å². The number of rotatable bonds is 3. The van der Waals surface area contributed by atoms with E-state index in [1.54, 1.807) is 0 Å². The lowest BCUT2D eigenvalue weighted by molar-refractivity contribution is 0.584. The van der Waals surface area contributed by atoms with Crippen molar-refractivity contribution in [1.82, 2.24) is 9.13 Å². The van der Waals surface area contributed by atoms with Gasteiger partial charge in [0.15, 0.2) is 0 Å². The molecular formula is C39H25F2N3. The maximum absolute atomic E-state index is 15.0. The molecule has 0 aliphatic rings. The molecule has 44 heavy (non-hydrogen) atoms. The Hall–Kier alpha value is -5.73. The number of aromatic nitrogens is 2. The third kappa shape index (κ3) is 3.85. The van der Waals surface area contributed by atoms with E-state index in [1.165, 1.54) is 12.1 Å². The molecule has 8 rings (SSSR count).